The minimum atomic E-state index is -4.48. The van der Waals surface area contributed by atoms with Crippen LogP contribution in [-0.2, 0) is 11.0 Å². The Morgan fingerprint density at radius 3 is 2.53 bits per heavy atom. The van der Waals surface area contributed by atoms with Crippen LogP contribution in [-0.4, -0.2) is 16.3 Å². The van der Waals surface area contributed by atoms with Gasteiger partial charge in [-0.3, -0.25) is 9.80 Å². The second-order valence-corrected chi connectivity index (χ2v) is 5.04. The van der Waals surface area contributed by atoms with E-state index in [-0.39, 0.29) is 5.56 Å². The molecule has 0 bridgehead atoms. The fourth-order valence-electron chi connectivity index (χ4n) is 2.25. The van der Waals surface area contributed by atoms with Gasteiger partial charge in [0, 0.05) is 0 Å². The lowest BCUT2D eigenvalue weighted by Gasteiger charge is -2.34. The zero-order valence-electron chi connectivity index (χ0n) is 9.89. The van der Waals surface area contributed by atoms with Gasteiger partial charge in [0.1, 0.15) is 0 Å². The van der Waals surface area contributed by atoms with Crippen molar-refractivity contribution < 1.29 is 18.0 Å². The van der Waals surface area contributed by atoms with E-state index in [1.165, 1.54) is 18.2 Å². The van der Waals surface area contributed by atoms with E-state index >= 15 is 0 Å². The molecular weight excluding hydrogens is 277 g/mol. The smallest absolute Gasteiger partial charge is 0.273 e. The van der Waals surface area contributed by atoms with Gasteiger partial charge in [-0.05, 0) is 24.5 Å². The van der Waals surface area contributed by atoms with Crippen molar-refractivity contribution in [2.24, 2.45) is 5.84 Å². The predicted molar refractivity (Wildman–Crippen MR) is 67.2 cm³/mol. The quantitative estimate of drug-likeness (QED) is 0.474. The Balaban J connectivity index is 2.40. The second-order valence-electron chi connectivity index (χ2n) is 4.44. The molecule has 0 radical (unpaired) electrons. The van der Waals surface area contributed by atoms with E-state index < -0.39 is 28.9 Å². The first-order valence-electron chi connectivity index (χ1n) is 5.74. The van der Waals surface area contributed by atoms with E-state index in [0.29, 0.717) is 12.8 Å². The summed E-state index contributed by atoms with van der Waals surface area (Å²) < 4.78 is 38.8. The monoisotopic (exact) mass is 290 g/mol. The van der Waals surface area contributed by atoms with Gasteiger partial charge < -0.3 is 0 Å². The van der Waals surface area contributed by atoms with Crippen molar-refractivity contribution in [3.63, 3.8) is 0 Å². The number of benzene rings is 1. The molecule has 2 N–H and O–H groups in total. The number of nitrogens with zero attached hydrogens (tertiary/aromatic N) is 1. The summed E-state index contributed by atoms with van der Waals surface area (Å²) in [5.41, 5.74) is -0.796. The molecule has 1 aliphatic rings. The van der Waals surface area contributed by atoms with Crippen LogP contribution in [0.5, 0.6) is 0 Å². The molecule has 0 aromatic heterocycles. The molecular formula is C12H13F3N2OS. The van der Waals surface area contributed by atoms with Crippen LogP contribution in [0.15, 0.2) is 24.3 Å². The van der Waals surface area contributed by atoms with Crippen molar-refractivity contribution >= 4 is 18.5 Å². The van der Waals surface area contributed by atoms with Crippen LogP contribution >= 0.6 is 12.6 Å². The maximum atomic E-state index is 12.9. The fraction of sp³-hybridized carbons (Fsp3) is 0.417. The molecule has 0 saturated carbocycles. The summed E-state index contributed by atoms with van der Waals surface area (Å²) in [6.45, 7) is 0. The lowest BCUT2D eigenvalue weighted by Crippen LogP contribution is -2.49. The number of halogens is 3. The number of amides is 1. The Morgan fingerprint density at radius 2 is 1.89 bits per heavy atom. The van der Waals surface area contributed by atoms with Gasteiger partial charge in [0.15, 0.2) is 0 Å². The van der Waals surface area contributed by atoms with Gasteiger partial charge in [0.05, 0.1) is 16.9 Å². The lowest BCUT2D eigenvalue weighted by atomic mass is 9.87. The van der Waals surface area contributed by atoms with E-state index in [9.17, 15) is 18.0 Å². The summed E-state index contributed by atoms with van der Waals surface area (Å²) in [6.07, 6.45) is -3.70. The summed E-state index contributed by atoms with van der Waals surface area (Å²) in [5, 5.41) is 0.464. The Labute approximate surface area is 113 Å². The molecule has 1 aromatic rings. The molecule has 19 heavy (non-hydrogen) atoms. The maximum Gasteiger partial charge on any atom is 0.416 e. The summed E-state index contributed by atoms with van der Waals surface area (Å²) in [4.78, 5) is 12.0. The van der Waals surface area contributed by atoms with Crippen molar-refractivity contribution in [2.75, 3.05) is 0 Å². The van der Waals surface area contributed by atoms with Crippen molar-refractivity contribution in [3.05, 3.63) is 35.4 Å². The molecule has 1 saturated heterocycles. The summed E-state index contributed by atoms with van der Waals surface area (Å²) >= 11 is 4.11. The number of alkyl halides is 3. The number of hydrogen-bond donors (Lipinski definition) is 2. The Bertz CT molecular complexity index is 492. The number of carbonyl (C=O) groups is 1. The van der Waals surface area contributed by atoms with E-state index in [1.807, 2.05) is 0 Å². The summed E-state index contributed by atoms with van der Waals surface area (Å²) in [5.74, 6) is 4.15. The first kappa shape index (κ1) is 14.2. The number of hydrogen-bond acceptors (Lipinski definition) is 3. The van der Waals surface area contributed by atoms with Gasteiger partial charge in [-0.25, -0.2) is 5.84 Å². The van der Waals surface area contributed by atoms with Gasteiger partial charge in [-0.2, -0.15) is 25.8 Å². The van der Waals surface area contributed by atoms with Gasteiger partial charge in [-0.15, -0.1) is 0 Å². The minimum Gasteiger partial charge on any atom is -0.273 e. The van der Waals surface area contributed by atoms with E-state index in [0.717, 1.165) is 11.1 Å². The number of hydrazine groups is 1. The van der Waals surface area contributed by atoms with E-state index in [4.69, 9.17) is 5.84 Å². The molecule has 3 nitrogen and oxygen atoms in total. The average Bonchev–Trinajstić information content (AvgIpc) is 2.35. The average molecular weight is 290 g/mol. The number of rotatable bonds is 1. The molecule has 1 aromatic carbocycles. The molecule has 1 heterocycles. The molecule has 2 unspecified atom stereocenters. The van der Waals surface area contributed by atoms with Crippen LogP contribution in [0.25, 0.3) is 0 Å². The normalized spacial score (nSPS) is 24.7. The highest BCUT2D eigenvalue weighted by molar-refractivity contribution is 7.80. The Morgan fingerprint density at radius 1 is 1.26 bits per heavy atom. The number of piperidine rings is 1. The first-order chi connectivity index (χ1) is 8.82. The molecule has 2 rings (SSSR count). The molecule has 1 fully saturated rings. The van der Waals surface area contributed by atoms with Crippen molar-refractivity contribution in [2.45, 2.75) is 30.3 Å². The number of carbonyl (C=O) groups excluding carboxylic acids is 1. The molecule has 1 aliphatic heterocycles. The van der Waals surface area contributed by atoms with Gasteiger partial charge in [-0.1, -0.05) is 18.2 Å². The van der Waals surface area contributed by atoms with E-state index in [1.54, 1.807) is 0 Å². The molecule has 2 atom stereocenters. The number of thiol groups is 1. The minimum absolute atomic E-state index is 0.0179. The fourth-order valence-corrected chi connectivity index (χ4v) is 2.52. The van der Waals surface area contributed by atoms with Crippen LogP contribution in [0.1, 0.15) is 29.9 Å². The largest absolute Gasteiger partial charge is 0.416 e. The van der Waals surface area contributed by atoms with Crippen molar-refractivity contribution in [3.8, 4) is 0 Å². The first-order valence-corrected chi connectivity index (χ1v) is 6.26. The molecule has 0 aliphatic carbocycles. The highest BCUT2D eigenvalue weighted by atomic mass is 32.1. The van der Waals surface area contributed by atoms with Crippen molar-refractivity contribution in [1.82, 2.24) is 5.01 Å². The van der Waals surface area contributed by atoms with Gasteiger partial charge in [0.2, 0.25) is 5.91 Å². The van der Waals surface area contributed by atoms with Crippen molar-refractivity contribution in [1.29, 1.82) is 0 Å². The second kappa shape index (κ2) is 5.05. The van der Waals surface area contributed by atoms with Crippen LogP contribution < -0.4 is 5.84 Å². The molecule has 104 valence electrons. The SMILES string of the molecule is NN1C(=O)C(c2ccccc2C(F)(F)F)CCC1S. The third-order valence-electron chi connectivity index (χ3n) is 3.23. The third-order valence-corrected chi connectivity index (χ3v) is 3.74. The standard InChI is InChI=1S/C12H13F3N2OS/c13-12(14,15)9-4-2-1-3-7(9)8-5-6-10(19)17(16)11(8)18/h1-4,8,10,19H,5-6,16H2. The van der Waals surface area contributed by atoms with Crippen LogP contribution in [0, 0.1) is 0 Å². The molecule has 1 amide bonds. The highest BCUT2D eigenvalue weighted by Gasteiger charge is 2.40. The molecule has 7 heteroatoms. The summed E-state index contributed by atoms with van der Waals surface area (Å²) in [7, 11) is 0. The predicted octanol–water partition coefficient (Wildman–Crippen LogP) is 2.54. The topological polar surface area (TPSA) is 46.3 Å². The lowest BCUT2D eigenvalue weighted by molar-refractivity contribution is -0.140. The highest BCUT2D eigenvalue weighted by Crippen LogP contribution is 2.39. The zero-order chi connectivity index (χ0) is 14.2. The zero-order valence-corrected chi connectivity index (χ0v) is 10.8. The maximum absolute atomic E-state index is 12.9. The van der Waals surface area contributed by atoms with Gasteiger partial charge in [0.25, 0.3) is 0 Å². The third kappa shape index (κ3) is 2.71. The van der Waals surface area contributed by atoms with E-state index in [2.05, 4.69) is 12.6 Å². The Kier molecular flexibility index (Phi) is 3.78. The van der Waals surface area contributed by atoms with Crippen LogP contribution in [0.2, 0.25) is 0 Å². The summed E-state index contributed by atoms with van der Waals surface area (Å²) in [6, 6.07) is 5.11. The Hall–Kier alpha value is -1.21. The van der Waals surface area contributed by atoms with Crippen LogP contribution in [0.4, 0.5) is 13.2 Å². The number of nitrogens with two attached hydrogens (primary N) is 1. The van der Waals surface area contributed by atoms with Gasteiger partial charge >= 0.3 is 6.18 Å². The molecule has 0 spiro atoms. The van der Waals surface area contributed by atoms with Crippen LogP contribution in [0.3, 0.4) is 0 Å².